The quantitative estimate of drug-likeness (QED) is 0.913. The van der Waals surface area contributed by atoms with Crippen molar-refractivity contribution in [1.82, 2.24) is 4.98 Å². The Morgan fingerprint density at radius 2 is 2.16 bits per heavy atom. The summed E-state index contributed by atoms with van der Waals surface area (Å²) in [5.74, 6) is -0.233. The summed E-state index contributed by atoms with van der Waals surface area (Å²) in [5, 5.41) is 0.876. The molecule has 0 saturated carbocycles. The molecule has 100 valence electrons. The number of halogens is 2. The summed E-state index contributed by atoms with van der Waals surface area (Å²) < 4.78 is 14.3. The number of hydrogen-bond acceptors (Lipinski definition) is 3. The van der Waals surface area contributed by atoms with E-state index in [1.54, 1.807) is 18.3 Å². The first kappa shape index (κ1) is 14.5. The molecule has 0 bridgehead atoms. The minimum absolute atomic E-state index is 0.000901. The molecule has 0 radical (unpaired) electrons. The Kier molecular flexibility index (Phi) is 4.96. The molecule has 1 aromatic heterocycles. The molecule has 1 unspecified atom stereocenters. The van der Waals surface area contributed by atoms with Crippen LogP contribution >= 0.6 is 27.7 Å². The first-order valence-electron chi connectivity index (χ1n) is 5.88. The lowest BCUT2D eigenvalue weighted by Gasteiger charge is -2.11. The van der Waals surface area contributed by atoms with Crippen LogP contribution in [0.4, 0.5) is 4.39 Å². The Bertz CT molecular complexity index is 558. The van der Waals surface area contributed by atoms with Crippen molar-refractivity contribution in [3.63, 3.8) is 0 Å². The van der Waals surface area contributed by atoms with Crippen LogP contribution in [0.15, 0.2) is 50.9 Å². The zero-order valence-electron chi connectivity index (χ0n) is 10.4. The number of aromatic nitrogens is 1. The third kappa shape index (κ3) is 4.30. The van der Waals surface area contributed by atoms with Gasteiger partial charge >= 0.3 is 0 Å². The molecule has 5 heteroatoms. The second kappa shape index (κ2) is 6.50. The molecule has 0 saturated heterocycles. The monoisotopic (exact) mass is 340 g/mol. The van der Waals surface area contributed by atoms with E-state index in [0.29, 0.717) is 6.42 Å². The van der Waals surface area contributed by atoms with Gasteiger partial charge in [-0.05, 0) is 65.2 Å². The van der Waals surface area contributed by atoms with Gasteiger partial charge in [0.1, 0.15) is 10.8 Å². The Morgan fingerprint density at radius 1 is 1.37 bits per heavy atom. The molecule has 0 fully saturated rings. The number of nitrogens with zero attached hydrogens (tertiary/aromatic N) is 1. The van der Waals surface area contributed by atoms with Crippen LogP contribution in [0.2, 0.25) is 0 Å². The average molecular weight is 341 g/mol. The molecule has 0 spiro atoms. The molecular formula is C14H14BrFN2S. The van der Waals surface area contributed by atoms with Gasteiger partial charge in [-0.1, -0.05) is 11.8 Å². The molecular weight excluding hydrogens is 327 g/mol. The Labute approximate surface area is 124 Å². The van der Waals surface area contributed by atoms with Crippen molar-refractivity contribution in [2.45, 2.75) is 29.3 Å². The maximum Gasteiger partial charge on any atom is 0.123 e. The van der Waals surface area contributed by atoms with E-state index >= 15 is 0 Å². The number of pyridine rings is 1. The SMILES string of the molecule is CC(N)Cc1cc(F)ccc1Sc1ccc(Br)cn1. The summed E-state index contributed by atoms with van der Waals surface area (Å²) in [7, 11) is 0. The molecule has 2 nitrogen and oxygen atoms in total. The summed E-state index contributed by atoms with van der Waals surface area (Å²) in [6.07, 6.45) is 2.40. The van der Waals surface area contributed by atoms with Crippen LogP contribution in [-0.2, 0) is 6.42 Å². The molecule has 2 aromatic rings. The van der Waals surface area contributed by atoms with E-state index in [0.717, 1.165) is 20.0 Å². The molecule has 1 heterocycles. The van der Waals surface area contributed by atoms with E-state index in [-0.39, 0.29) is 11.9 Å². The third-order valence-corrected chi connectivity index (χ3v) is 4.02. The topological polar surface area (TPSA) is 38.9 Å². The van der Waals surface area contributed by atoms with Gasteiger partial charge < -0.3 is 5.73 Å². The summed E-state index contributed by atoms with van der Waals surface area (Å²) in [6, 6.07) is 8.65. The van der Waals surface area contributed by atoms with Crippen LogP contribution in [0.25, 0.3) is 0 Å². The van der Waals surface area contributed by atoms with Crippen LogP contribution in [0.1, 0.15) is 12.5 Å². The second-order valence-corrected chi connectivity index (χ2v) is 6.33. The molecule has 19 heavy (non-hydrogen) atoms. The Morgan fingerprint density at radius 3 is 2.79 bits per heavy atom. The van der Waals surface area contributed by atoms with Crippen LogP contribution < -0.4 is 5.73 Å². The first-order valence-corrected chi connectivity index (χ1v) is 7.49. The van der Waals surface area contributed by atoms with Crippen LogP contribution in [-0.4, -0.2) is 11.0 Å². The highest BCUT2D eigenvalue weighted by molar-refractivity contribution is 9.10. The lowest BCUT2D eigenvalue weighted by molar-refractivity contribution is 0.620. The predicted molar refractivity (Wildman–Crippen MR) is 79.8 cm³/mol. The molecule has 0 amide bonds. The van der Waals surface area contributed by atoms with E-state index < -0.39 is 0 Å². The first-order chi connectivity index (χ1) is 9.04. The Balaban J connectivity index is 2.26. The zero-order valence-corrected chi connectivity index (χ0v) is 12.8. The van der Waals surface area contributed by atoms with Gasteiger partial charge in [0.2, 0.25) is 0 Å². The molecule has 1 aromatic carbocycles. The molecule has 2 N–H and O–H groups in total. The summed E-state index contributed by atoms with van der Waals surface area (Å²) >= 11 is 4.87. The number of benzene rings is 1. The summed E-state index contributed by atoms with van der Waals surface area (Å²) in [6.45, 7) is 1.91. The van der Waals surface area contributed by atoms with E-state index in [9.17, 15) is 4.39 Å². The minimum Gasteiger partial charge on any atom is -0.328 e. The highest BCUT2D eigenvalue weighted by Gasteiger charge is 2.09. The van der Waals surface area contributed by atoms with Gasteiger partial charge in [0.15, 0.2) is 0 Å². The summed E-state index contributed by atoms with van der Waals surface area (Å²) in [4.78, 5) is 5.30. The van der Waals surface area contributed by atoms with Gasteiger partial charge in [0.25, 0.3) is 0 Å². The number of hydrogen-bond donors (Lipinski definition) is 1. The van der Waals surface area contributed by atoms with Crippen LogP contribution in [0, 0.1) is 5.82 Å². The van der Waals surface area contributed by atoms with E-state index in [1.807, 2.05) is 19.1 Å². The second-order valence-electron chi connectivity index (χ2n) is 4.35. The molecule has 0 aliphatic rings. The van der Waals surface area contributed by atoms with Gasteiger partial charge in [0, 0.05) is 21.6 Å². The maximum atomic E-state index is 13.3. The van der Waals surface area contributed by atoms with Gasteiger partial charge in [-0.2, -0.15) is 0 Å². The molecule has 0 aliphatic carbocycles. The fourth-order valence-electron chi connectivity index (χ4n) is 1.69. The van der Waals surface area contributed by atoms with Gasteiger partial charge in [0.05, 0.1) is 0 Å². The van der Waals surface area contributed by atoms with Crippen molar-refractivity contribution in [2.24, 2.45) is 5.73 Å². The molecule has 2 rings (SSSR count). The normalized spacial score (nSPS) is 12.4. The van der Waals surface area contributed by atoms with Crippen molar-refractivity contribution >= 4 is 27.7 Å². The van der Waals surface area contributed by atoms with Gasteiger partial charge in [-0.25, -0.2) is 9.37 Å². The van der Waals surface area contributed by atoms with Crippen molar-refractivity contribution in [2.75, 3.05) is 0 Å². The average Bonchev–Trinajstić information content (AvgIpc) is 2.34. The highest BCUT2D eigenvalue weighted by atomic mass is 79.9. The lowest BCUT2D eigenvalue weighted by atomic mass is 10.1. The summed E-state index contributed by atoms with van der Waals surface area (Å²) in [5.41, 5.74) is 6.72. The maximum absolute atomic E-state index is 13.3. The standard InChI is InChI=1S/C14H14BrFN2S/c1-9(17)6-10-7-12(16)3-4-13(10)19-14-5-2-11(15)8-18-14/h2-5,7-9H,6,17H2,1H3. The van der Waals surface area contributed by atoms with Gasteiger partial charge in [-0.15, -0.1) is 0 Å². The van der Waals surface area contributed by atoms with Crippen molar-refractivity contribution < 1.29 is 4.39 Å². The number of rotatable bonds is 4. The van der Waals surface area contributed by atoms with Gasteiger partial charge in [-0.3, -0.25) is 0 Å². The smallest absolute Gasteiger partial charge is 0.123 e. The van der Waals surface area contributed by atoms with Crippen molar-refractivity contribution in [1.29, 1.82) is 0 Å². The predicted octanol–water partition coefficient (Wildman–Crippen LogP) is 4.02. The largest absolute Gasteiger partial charge is 0.328 e. The van der Waals surface area contributed by atoms with Crippen LogP contribution in [0.3, 0.4) is 0 Å². The van der Waals surface area contributed by atoms with Crippen molar-refractivity contribution in [3.05, 3.63) is 52.4 Å². The van der Waals surface area contributed by atoms with E-state index in [1.165, 1.54) is 17.8 Å². The molecule has 1 atom stereocenters. The zero-order chi connectivity index (χ0) is 13.8. The third-order valence-electron chi connectivity index (χ3n) is 2.48. The fraction of sp³-hybridized carbons (Fsp3) is 0.214. The lowest BCUT2D eigenvalue weighted by Crippen LogP contribution is -2.18. The molecule has 0 aliphatic heterocycles. The Hall–Kier alpha value is -0.910. The minimum atomic E-state index is -0.233. The highest BCUT2D eigenvalue weighted by Crippen LogP contribution is 2.30. The van der Waals surface area contributed by atoms with E-state index in [2.05, 4.69) is 20.9 Å². The van der Waals surface area contributed by atoms with Crippen molar-refractivity contribution in [3.8, 4) is 0 Å². The van der Waals surface area contributed by atoms with E-state index in [4.69, 9.17) is 5.73 Å². The fourth-order valence-corrected chi connectivity index (χ4v) is 2.80. The van der Waals surface area contributed by atoms with Crippen LogP contribution in [0.5, 0.6) is 0 Å². The number of nitrogens with two attached hydrogens (primary N) is 1.